The molecule has 2 aromatic carbocycles. The Morgan fingerprint density at radius 1 is 1.03 bits per heavy atom. The van der Waals surface area contributed by atoms with Gasteiger partial charge in [-0.25, -0.2) is 14.4 Å². The van der Waals surface area contributed by atoms with E-state index in [-0.39, 0.29) is 5.63 Å². The van der Waals surface area contributed by atoms with Crippen molar-refractivity contribution in [3.8, 4) is 5.75 Å². The minimum atomic E-state index is -1.08. The molecule has 0 radical (unpaired) electrons. The second-order valence-electron chi connectivity index (χ2n) is 10.9. The third-order valence-corrected chi connectivity index (χ3v) is 6.69. The van der Waals surface area contributed by atoms with E-state index in [1.807, 2.05) is 12.1 Å². The molecule has 0 aliphatic heterocycles. The van der Waals surface area contributed by atoms with E-state index in [0.717, 1.165) is 73.4 Å². The van der Waals surface area contributed by atoms with Crippen molar-refractivity contribution < 1.29 is 23.5 Å². The molecular weight excluding hydrogens is 482 g/mol. The molecule has 1 heterocycles. The van der Waals surface area contributed by atoms with Crippen LogP contribution in [0.1, 0.15) is 88.1 Å². The highest BCUT2D eigenvalue weighted by Crippen LogP contribution is 2.34. The summed E-state index contributed by atoms with van der Waals surface area (Å²) in [5.74, 6) is -0.313. The number of benzene rings is 2. The fourth-order valence-corrected chi connectivity index (χ4v) is 4.90. The lowest BCUT2D eigenvalue weighted by Crippen LogP contribution is -2.39. The Bertz CT molecular complexity index is 1350. The molecule has 1 amide bonds. The normalized spacial score (nSPS) is 13.7. The van der Waals surface area contributed by atoms with Crippen molar-refractivity contribution in [3.05, 3.63) is 75.1 Å². The first kappa shape index (κ1) is 27.4. The summed E-state index contributed by atoms with van der Waals surface area (Å²) in [6.07, 6.45) is 6.75. The lowest BCUT2D eigenvalue weighted by atomic mass is 9.99. The standard InChI is InChI=1S/C31H37NO6/c1-5-6-7-9-15-21-18-24-22-16-12-17-23(22)28(33)37-26(24)19-25(21)36-29(34)27(20-13-10-8-11-14-20)32-30(35)38-31(2,3)4/h8,10-11,13-14,18-19,27H,5-7,9,12,15-17H2,1-4H3,(H,32,35). The van der Waals surface area contributed by atoms with E-state index in [2.05, 4.69) is 12.2 Å². The van der Waals surface area contributed by atoms with Crippen LogP contribution < -0.4 is 15.7 Å². The molecule has 7 heteroatoms. The summed E-state index contributed by atoms with van der Waals surface area (Å²) in [6.45, 7) is 7.43. The smallest absolute Gasteiger partial charge is 0.408 e. The molecule has 202 valence electrons. The zero-order valence-electron chi connectivity index (χ0n) is 22.7. The summed E-state index contributed by atoms with van der Waals surface area (Å²) in [5, 5.41) is 3.57. The molecule has 1 aliphatic carbocycles. The van der Waals surface area contributed by atoms with E-state index in [0.29, 0.717) is 16.9 Å². The number of nitrogens with one attached hydrogen (secondary N) is 1. The third-order valence-electron chi connectivity index (χ3n) is 6.69. The number of aryl methyl sites for hydroxylation is 2. The zero-order valence-corrected chi connectivity index (χ0v) is 22.7. The number of hydrogen-bond acceptors (Lipinski definition) is 6. The fraction of sp³-hybridized carbons (Fsp3) is 0.452. The number of hydrogen-bond donors (Lipinski definition) is 1. The Morgan fingerprint density at radius 3 is 2.47 bits per heavy atom. The van der Waals surface area contributed by atoms with Crippen LogP contribution in [0.25, 0.3) is 11.0 Å². The van der Waals surface area contributed by atoms with Gasteiger partial charge >= 0.3 is 17.7 Å². The van der Waals surface area contributed by atoms with Gasteiger partial charge in [-0.05, 0) is 75.6 Å². The van der Waals surface area contributed by atoms with Crippen molar-refractivity contribution in [2.24, 2.45) is 0 Å². The highest BCUT2D eigenvalue weighted by atomic mass is 16.6. The molecule has 3 aromatic rings. The van der Waals surface area contributed by atoms with Crippen LogP contribution >= 0.6 is 0 Å². The van der Waals surface area contributed by atoms with E-state index in [4.69, 9.17) is 13.9 Å². The van der Waals surface area contributed by atoms with E-state index >= 15 is 0 Å². The van der Waals surface area contributed by atoms with Gasteiger partial charge in [-0.3, -0.25) is 0 Å². The number of fused-ring (bicyclic) bond motifs is 3. The molecule has 1 aliphatic rings. The molecule has 0 fully saturated rings. The number of carbonyl (C=O) groups is 2. The highest BCUT2D eigenvalue weighted by molar-refractivity contribution is 5.88. The molecule has 0 spiro atoms. The fourth-order valence-electron chi connectivity index (χ4n) is 4.90. The quantitative estimate of drug-likeness (QED) is 0.149. The average molecular weight is 520 g/mol. The molecule has 0 saturated carbocycles. The Hall–Kier alpha value is -3.61. The van der Waals surface area contributed by atoms with Crippen LogP contribution in [0.2, 0.25) is 0 Å². The largest absolute Gasteiger partial charge is 0.444 e. The first-order valence-electron chi connectivity index (χ1n) is 13.5. The van der Waals surface area contributed by atoms with Crippen LogP contribution in [-0.2, 0) is 28.8 Å². The summed E-state index contributed by atoms with van der Waals surface area (Å²) < 4.78 is 17.0. The molecule has 38 heavy (non-hydrogen) atoms. The van der Waals surface area contributed by atoms with Gasteiger partial charge in [0.1, 0.15) is 16.9 Å². The summed E-state index contributed by atoms with van der Waals surface area (Å²) in [6, 6.07) is 11.5. The maximum absolute atomic E-state index is 13.5. The van der Waals surface area contributed by atoms with Gasteiger partial charge in [0.2, 0.25) is 0 Å². The monoisotopic (exact) mass is 519 g/mol. The van der Waals surface area contributed by atoms with Crippen molar-refractivity contribution in [3.63, 3.8) is 0 Å². The molecule has 0 bridgehead atoms. The third kappa shape index (κ3) is 6.63. The summed E-state index contributed by atoms with van der Waals surface area (Å²) in [4.78, 5) is 38.7. The van der Waals surface area contributed by atoms with Gasteiger partial charge in [-0.1, -0.05) is 56.5 Å². The van der Waals surface area contributed by atoms with Gasteiger partial charge in [-0.15, -0.1) is 0 Å². The van der Waals surface area contributed by atoms with E-state index in [1.165, 1.54) is 0 Å². The number of alkyl carbamates (subject to hydrolysis) is 1. The minimum Gasteiger partial charge on any atom is -0.444 e. The van der Waals surface area contributed by atoms with Crippen molar-refractivity contribution >= 4 is 23.0 Å². The van der Waals surface area contributed by atoms with Crippen LogP contribution in [0.3, 0.4) is 0 Å². The molecule has 1 unspecified atom stereocenters. The van der Waals surface area contributed by atoms with Crippen LogP contribution in [0.15, 0.2) is 51.7 Å². The molecule has 0 saturated heterocycles. The van der Waals surface area contributed by atoms with Crippen molar-refractivity contribution in [1.29, 1.82) is 0 Å². The second kappa shape index (κ2) is 11.8. The summed E-state index contributed by atoms with van der Waals surface area (Å²) >= 11 is 0. The maximum atomic E-state index is 13.5. The second-order valence-corrected chi connectivity index (χ2v) is 10.9. The lowest BCUT2D eigenvalue weighted by molar-refractivity contribution is -0.137. The number of carbonyl (C=O) groups excluding carboxylic acids is 2. The molecular formula is C31H37NO6. The first-order valence-corrected chi connectivity index (χ1v) is 13.5. The maximum Gasteiger partial charge on any atom is 0.408 e. The van der Waals surface area contributed by atoms with E-state index < -0.39 is 23.7 Å². The number of esters is 1. The van der Waals surface area contributed by atoms with Crippen LogP contribution in [0.4, 0.5) is 4.79 Å². The van der Waals surface area contributed by atoms with Gasteiger partial charge in [0.15, 0.2) is 6.04 Å². The van der Waals surface area contributed by atoms with E-state index in [1.54, 1.807) is 51.1 Å². The van der Waals surface area contributed by atoms with Gasteiger partial charge in [0.25, 0.3) is 0 Å². The Labute approximate surface area is 223 Å². The highest BCUT2D eigenvalue weighted by Gasteiger charge is 2.29. The SMILES string of the molecule is CCCCCCc1cc2c3c(c(=O)oc2cc1OC(=O)C(NC(=O)OC(C)(C)C)c1ccccc1)CCC3. The Morgan fingerprint density at radius 2 is 1.76 bits per heavy atom. The number of ether oxygens (including phenoxy) is 2. The van der Waals surface area contributed by atoms with E-state index in [9.17, 15) is 14.4 Å². The van der Waals surface area contributed by atoms with Gasteiger partial charge in [0.05, 0.1) is 0 Å². The molecule has 1 N–H and O–H groups in total. The molecule has 4 rings (SSSR count). The van der Waals surface area contributed by atoms with Crippen molar-refractivity contribution in [2.75, 3.05) is 0 Å². The average Bonchev–Trinajstić information content (AvgIpc) is 3.36. The molecule has 1 aromatic heterocycles. The topological polar surface area (TPSA) is 94.8 Å². The van der Waals surface area contributed by atoms with Crippen molar-refractivity contribution in [1.82, 2.24) is 5.32 Å². The lowest BCUT2D eigenvalue weighted by Gasteiger charge is -2.23. The van der Waals surface area contributed by atoms with Crippen molar-refractivity contribution in [2.45, 2.75) is 90.7 Å². The number of rotatable bonds is 9. The summed E-state index contributed by atoms with van der Waals surface area (Å²) in [5.41, 5.74) is 2.60. The summed E-state index contributed by atoms with van der Waals surface area (Å²) in [7, 11) is 0. The Balaban J connectivity index is 1.69. The first-order chi connectivity index (χ1) is 18.2. The predicted octanol–water partition coefficient (Wildman–Crippen LogP) is 6.58. The minimum absolute atomic E-state index is 0.327. The number of unbranched alkanes of at least 4 members (excludes halogenated alkanes) is 3. The van der Waals surface area contributed by atoms with Crippen LogP contribution in [-0.4, -0.2) is 17.7 Å². The van der Waals surface area contributed by atoms with Crippen LogP contribution in [0, 0.1) is 0 Å². The van der Waals surface area contributed by atoms with Gasteiger partial charge in [0, 0.05) is 17.0 Å². The molecule has 7 nitrogen and oxygen atoms in total. The van der Waals surface area contributed by atoms with Gasteiger partial charge in [-0.2, -0.15) is 0 Å². The van der Waals surface area contributed by atoms with Gasteiger partial charge < -0.3 is 19.2 Å². The zero-order chi connectivity index (χ0) is 27.3. The Kier molecular flexibility index (Phi) is 8.55. The predicted molar refractivity (Wildman–Crippen MR) is 147 cm³/mol. The van der Waals surface area contributed by atoms with Crippen LogP contribution in [0.5, 0.6) is 5.75 Å². The number of amides is 1. The molecule has 1 atom stereocenters.